The van der Waals surface area contributed by atoms with Gasteiger partial charge in [-0.3, -0.25) is 9.48 Å². The van der Waals surface area contributed by atoms with Crippen molar-refractivity contribution < 1.29 is 4.79 Å². The summed E-state index contributed by atoms with van der Waals surface area (Å²) in [6.45, 7) is 5.68. The summed E-state index contributed by atoms with van der Waals surface area (Å²) in [6, 6.07) is -0.439. The average Bonchev–Trinajstić information content (AvgIpc) is 2.43. The molecule has 1 heterocycles. The lowest BCUT2D eigenvalue weighted by Gasteiger charge is -2.14. The quantitative estimate of drug-likeness (QED) is 0.871. The van der Waals surface area contributed by atoms with Gasteiger partial charge >= 0.3 is 0 Å². The van der Waals surface area contributed by atoms with Crippen LogP contribution in [-0.2, 0) is 18.3 Å². The molecule has 0 saturated heterocycles. The first-order valence-corrected chi connectivity index (χ1v) is 5.68. The molecule has 0 fully saturated rings. The Kier molecular flexibility index (Phi) is 4.10. The van der Waals surface area contributed by atoms with Crippen molar-refractivity contribution in [1.29, 1.82) is 0 Å². The van der Waals surface area contributed by atoms with Gasteiger partial charge in [-0.05, 0) is 12.8 Å². The first-order chi connectivity index (χ1) is 7.34. The van der Waals surface area contributed by atoms with E-state index in [0.717, 1.165) is 11.4 Å². The van der Waals surface area contributed by atoms with Gasteiger partial charge in [0.2, 0.25) is 0 Å². The Hall–Kier alpha value is -0.870. The van der Waals surface area contributed by atoms with Gasteiger partial charge in [0.1, 0.15) is 0 Å². The molecule has 16 heavy (non-hydrogen) atoms. The number of nitrogens with two attached hydrogens (primary N) is 1. The molecule has 1 unspecified atom stereocenters. The minimum atomic E-state index is -0.439. The van der Waals surface area contributed by atoms with Gasteiger partial charge < -0.3 is 5.73 Å². The van der Waals surface area contributed by atoms with Crippen molar-refractivity contribution in [2.75, 3.05) is 0 Å². The fourth-order valence-electron chi connectivity index (χ4n) is 1.53. The van der Waals surface area contributed by atoms with Crippen LogP contribution in [0.2, 0.25) is 5.02 Å². The van der Waals surface area contributed by atoms with Crippen LogP contribution >= 0.6 is 11.6 Å². The molecule has 2 N–H and O–H groups in total. The van der Waals surface area contributed by atoms with Crippen LogP contribution in [0, 0.1) is 12.8 Å². The third-order valence-electron chi connectivity index (χ3n) is 2.69. The third-order valence-corrected chi connectivity index (χ3v) is 3.18. The van der Waals surface area contributed by atoms with E-state index in [9.17, 15) is 4.79 Å². The highest BCUT2D eigenvalue weighted by molar-refractivity contribution is 6.32. The van der Waals surface area contributed by atoms with E-state index in [-0.39, 0.29) is 18.1 Å². The van der Waals surface area contributed by atoms with Crippen LogP contribution in [0.15, 0.2) is 0 Å². The molecule has 0 aliphatic carbocycles. The highest BCUT2D eigenvalue weighted by Gasteiger charge is 2.21. The van der Waals surface area contributed by atoms with Crippen LogP contribution < -0.4 is 5.73 Å². The number of hydrogen-bond donors (Lipinski definition) is 1. The number of ketones is 1. The summed E-state index contributed by atoms with van der Waals surface area (Å²) in [5.41, 5.74) is 7.27. The smallest absolute Gasteiger partial charge is 0.155 e. The van der Waals surface area contributed by atoms with Crippen LogP contribution in [-0.4, -0.2) is 21.6 Å². The summed E-state index contributed by atoms with van der Waals surface area (Å²) in [6.07, 6.45) is 0.246. The molecule has 0 spiro atoms. The predicted molar refractivity (Wildman–Crippen MR) is 64.5 cm³/mol. The Morgan fingerprint density at radius 1 is 1.56 bits per heavy atom. The van der Waals surface area contributed by atoms with Gasteiger partial charge in [0.15, 0.2) is 5.78 Å². The molecule has 0 aliphatic rings. The van der Waals surface area contributed by atoms with Crippen LogP contribution in [0.1, 0.15) is 25.2 Å². The number of Topliss-reactive ketones (excluding diaryl/α,β-unsaturated/α-hetero) is 1. The first-order valence-electron chi connectivity index (χ1n) is 5.30. The largest absolute Gasteiger partial charge is 0.321 e. The first kappa shape index (κ1) is 13.2. The van der Waals surface area contributed by atoms with E-state index < -0.39 is 6.04 Å². The summed E-state index contributed by atoms with van der Waals surface area (Å²) in [5.74, 6) is 0.139. The molecule has 0 aliphatic heterocycles. The number of carbonyl (C=O) groups excluding carboxylic acids is 1. The second-order valence-corrected chi connectivity index (χ2v) is 4.76. The number of aromatic nitrogens is 2. The molecule has 0 amide bonds. The summed E-state index contributed by atoms with van der Waals surface area (Å²) < 4.78 is 1.64. The zero-order valence-corrected chi connectivity index (χ0v) is 10.9. The molecule has 5 heteroatoms. The summed E-state index contributed by atoms with van der Waals surface area (Å²) in [4.78, 5) is 11.8. The van der Waals surface area contributed by atoms with E-state index in [4.69, 9.17) is 17.3 Å². The van der Waals surface area contributed by atoms with E-state index in [1.807, 2.05) is 20.8 Å². The predicted octanol–water partition coefficient (Wildman–Crippen LogP) is 1.48. The molecule has 1 atom stereocenters. The Bertz CT molecular complexity index is 398. The molecule has 0 saturated carbocycles. The molecule has 4 nitrogen and oxygen atoms in total. The Morgan fingerprint density at radius 3 is 2.50 bits per heavy atom. The van der Waals surface area contributed by atoms with Gasteiger partial charge in [0.25, 0.3) is 0 Å². The van der Waals surface area contributed by atoms with Gasteiger partial charge in [-0.15, -0.1) is 0 Å². The minimum absolute atomic E-state index is 0.0000926. The zero-order valence-electron chi connectivity index (χ0n) is 10.1. The van der Waals surface area contributed by atoms with Gasteiger partial charge in [0.05, 0.1) is 28.9 Å². The number of aryl methyl sites for hydroxylation is 2. The van der Waals surface area contributed by atoms with Crippen LogP contribution in [0.3, 0.4) is 0 Å². The summed E-state index contributed by atoms with van der Waals surface area (Å²) in [5, 5.41) is 4.72. The number of nitrogens with zero attached hydrogens (tertiary/aromatic N) is 2. The van der Waals surface area contributed by atoms with Gasteiger partial charge in [-0.1, -0.05) is 25.4 Å². The molecule has 1 aromatic rings. The maximum atomic E-state index is 11.8. The van der Waals surface area contributed by atoms with E-state index >= 15 is 0 Å². The maximum Gasteiger partial charge on any atom is 0.155 e. The molecule has 0 aromatic carbocycles. The second-order valence-electron chi connectivity index (χ2n) is 4.38. The van der Waals surface area contributed by atoms with E-state index in [1.54, 1.807) is 11.7 Å². The number of rotatable bonds is 4. The second kappa shape index (κ2) is 4.97. The number of hydrogen-bond acceptors (Lipinski definition) is 3. The van der Waals surface area contributed by atoms with E-state index in [0.29, 0.717) is 5.02 Å². The molecular formula is C11H18ClN3O. The number of halogens is 1. The SMILES string of the molecule is Cc1nn(C)c(CC(=O)C(N)C(C)C)c1Cl. The third kappa shape index (κ3) is 2.62. The van der Waals surface area contributed by atoms with Crippen molar-refractivity contribution >= 4 is 17.4 Å². The fraction of sp³-hybridized carbons (Fsp3) is 0.636. The molecule has 0 radical (unpaired) electrons. The van der Waals surface area contributed by atoms with Gasteiger partial charge in [-0.25, -0.2) is 0 Å². The highest BCUT2D eigenvalue weighted by Crippen LogP contribution is 2.20. The maximum absolute atomic E-state index is 11.8. The van der Waals surface area contributed by atoms with Crippen molar-refractivity contribution in [2.45, 2.75) is 33.2 Å². The van der Waals surface area contributed by atoms with Gasteiger partial charge in [0, 0.05) is 7.05 Å². The topological polar surface area (TPSA) is 60.9 Å². The monoisotopic (exact) mass is 243 g/mol. The lowest BCUT2D eigenvalue weighted by atomic mass is 9.98. The summed E-state index contributed by atoms with van der Waals surface area (Å²) >= 11 is 6.07. The molecule has 1 rings (SSSR count). The van der Waals surface area contributed by atoms with Crippen molar-refractivity contribution in [2.24, 2.45) is 18.7 Å². The summed E-state index contributed by atoms with van der Waals surface area (Å²) in [7, 11) is 1.78. The normalized spacial score (nSPS) is 13.2. The molecule has 1 aromatic heterocycles. The standard InChI is InChI=1S/C11H18ClN3O/c1-6(2)11(13)9(16)5-8-10(12)7(3)14-15(8)4/h6,11H,5,13H2,1-4H3. The molecule has 0 bridgehead atoms. The minimum Gasteiger partial charge on any atom is -0.321 e. The van der Waals surface area contributed by atoms with Gasteiger partial charge in [-0.2, -0.15) is 5.10 Å². The van der Waals surface area contributed by atoms with Crippen molar-refractivity contribution in [3.05, 3.63) is 16.4 Å². The van der Waals surface area contributed by atoms with Crippen molar-refractivity contribution in [3.8, 4) is 0 Å². The fourth-order valence-corrected chi connectivity index (χ4v) is 1.75. The van der Waals surface area contributed by atoms with Crippen LogP contribution in [0.25, 0.3) is 0 Å². The lowest BCUT2D eigenvalue weighted by molar-refractivity contribution is -0.120. The Balaban J connectivity index is 2.85. The van der Waals surface area contributed by atoms with E-state index in [1.165, 1.54) is 0 Å². The number of carbonyl (C=O) groups is 1. The highest BCUT2D eigenvalue weighted by atomic mass is 35.5. The average molecular weight is 244 g/mol. The lowest BCUT2D eigenvalue weighted by Crippen LogP contribution is -2.36. The Morgan fingerprint density at radius 2 is 2.12 bits per heavy atom. The van der Waals surface area contributed by atoms with Crippen LogP contribution in [0.4, 0.5) is 0 Å². The van der Waals surface area contributed by atoms with Crippen molar-refractivity contribution in [1.82, 2.24) is 9.78 Å². The van der Waals surface area contributed by atoms with E-state index in [2.05, 4.69) is 5.10 Å². The van der Waals surface area contributed by atoms with Crippen molar-refractivity contribution in [3.63, 3.8) is 0 Å². The van der Waals surface area contributed by atoms with Crippen LogP contribution in [0.5, 0.6) is 0 Å². The molecule has 90 valence electrons. The molecular weight excluding hydrogens is 226 g/mol. The Labute approximate surface area is 101 Å². The zero-order chi connectivity index (χ0) is 12.5.